The second-order valence-electron chi connectivity index (χ2n) is 3.75. The summed E-state index contributed by atoms with van der Waals surface area (Å²) in [5.41, 5.74) is 0. The molecular formula is C22H25O4Ti-3. The van der Waals surface area contributed by atoms with Crippen LogP contribution in [0.5, 0.6) is 0 Å². The minimum absolute atomic E-state index is 0. The van der Waals surface area contributed by atoms with E-state index in [0.717, 1.165) is 21.1 Å². The van der Waals surface area contributed by atoms with Gasteiger partial charge in [0.25, 0.3) is 5.97 Å². The molecule has 0 aliphatic rings. The van der Waals surface area contributed by atoms with Gasteiger partial charge in [0.1, 0.15) is 0 Å². The molecule has 27 heavy (non-hydrogen) atoms. The van der Waals surface area contributed by atoms with Crippen LogP contribution in [0.1, 0.15) is 6.92 Å². The number of carboxylic acids is 1. The number of benzene rings is 3. The van der Waals surface area contributed by atoms with Gasteiger partial charge in [-0.1, -0.05) is 0 Å². The maximum Gasteiger partial charge on any atom is 2.00 e. The topological polar surface area (TPSA) is 83.4 Å². The number of hydrogen-bond donors (Lipinski definition) is 1. The average Bonchev–Trinajstić information content (AvgIpc) is 2.75. The quantitative estimate of drug-likeness (QED) is 0.464. The predicted octanol–water partition coefficient (Wildman–Crippen LogP) is 2.50. The third-order valence-corrected chi connectivity index (χ3v) is 1.82. The van der Waals surface area contributed by atoms with Gasteiger partial charge in [0.05, 0.1) is 0 Å². The first-order valence-electron chi connectivity index (χ1n) is 7.48. The number of hydrogen-bond acceptors (Lipinski definition) is 3. The second kappa shape index (κ2) is 35.0. The van der Waals surface area contributed by atoms with Crippen LogP contribution < -0.4 is 10.2 Å². The Bertz CT molecular complexity index is 390. The van der Waals surface area contributed by atoms with Crippen molar-refractivity contribution in [2.45, 2.75) is 6.92 Å². The molecule has 0 atom stereocenters. The van der Waals surface area contributed by atoms with Gasteiger partial charge in [-0.25, -0.2) is 0 Å². The van der Waals surface area contributed by atoms with Crippen LogP contribution >= 0.6 is 0 Å². The molecule has 0 unspecified atom stereocenters. The van der Waals surface area contributed by atoms with Gasteiger partial charge >= 0.3 is 21.7 Å². The summed E-state index contributed by atoms with van der Waals surface area (Å²) in [5, 5.41) is 23.9. The Kier molecular flexibility index (Phi) is 42.0. The maximum absolute atomic E-state index is 9.00. The largest absolute Gasteiger partial charge is 2.00 e. The van der Waals surface area contributed by atoms with E-state index in [1.54, 1.807) is 0 Å². The summed E-state index contributed by atoms with van der Waals surface area (Å²) >= 11 is 0. The summed E-state index contributed by atoms with van der Waals surface area (Å²) in [5.74, 6) is -0.833. The third kappa shape index (κ3) is 45.3. The van der Waals surface area contributed by atoms with Crippen molar-refractivity contribution in [1.29, 1.82) is 0 Å². The Hall–Kier alpha value is -2.24. The van der Waals surface area contributed by atoms with Crippen molar-refractivity contribution in [1.82, 2.24) is 0 Å². The summed E-state index contributed by atoms with van der Waals surface area (Å²) < 4.78 is 0. The molecule has 0 bridgehead atoms. The van der Waals surface area contributed by atoms with Gasteiger partial charge in [0.2, 0.25) is 0 Å². The van der Waals surface area contributed by atoms with Crippen molar-refractivity contribution in [3.63, 3.8) is 0 Å². The molecule has 4 nitrogen and oxygen atoms in total. The van der Waals surface area contributed by atoms with Crippen molar-refractivity contribution in [3.8, 4) is 0 Å². The summed E-state index contributed by atoms with van der Waals surface area (Å²) in [4.78, 5) is 9.00. The molecule has 1 N–H and O–H groups in total. The van der Waals surface area contributed by atoms with Crippen LogP contribution in [0.3, 0.4) is 0 Å². The molecule has 0 saturated heterocycles. The molecule has 0 aromatic heterocycles. The molecular weight excluding hydrogens is 376 g/mol. The van der Waals surface area contributed by atoms with Crippen LogP contribution in [-0.2, 0) is 26.5 Å². The van der Waals surface area contributed by atoms with Crippen molar-refractivity contribution in [3.05, 3.63) is 109 Å². The number of aliphatic carboxylic acids is 1. The smallest absolute Gasteiger partial charge is 0.857 e. The summed E-state index contributed by atoms with van der Waals surface area (Å²) in [6, 6.07) is 37.5. The molecule has 0 amide bonds. The van der Waals surface area contributed by atoms with E-state index in [-0.39, 0.29) is 21.7 Å². The Morgan fingerprint density at radius 2 is 0.741 bits per heavy atom. The van der Waals surface area contributed by atoms with Crippen LogP contribution in [0.4, 0.5) is 0 Å². The minimum Gasteiger partial charge on any atom is -0.857 e. The molecule has 3 aromatic rings. The Labute approximate surface area is 178 Å². The van der Waals surface area contributed by atoms with Gasteiger partial charge in [-0.15, -0.1) is 0 Å². The fourth-order valence-electron chi connectivity index (χ4n) is 1.03. The second-order valence-corrected chi connectivity index (χ2v) is 3.75. The first kappa shape index (κ1) is 32.4. The van der Waals surface area contributed by atoms with E-state index in [1.807, 2.05) is 91.0 Å². The zero-order chi connectivity index (χ0) is 20.3. The van der Waals surface area contributed by atoms with E-state index in [4.69, 9.17) is 20.1 Å². The van der Waals surface area contributed by atoms with Crippen LogP contribution in [0.25, 0.3) is 0 Å². The van der Waals surface area contributed by atoms with Crippen LogP contribution in [0, 0.1) is 18.2 Å². The van der Waals surface area contributed by atoms with Gasteiger partial charge in [-0.3, -0.25) is 4.79 Å². The molecule has 0 aliphatic heterocycles. The first-order chi connectivity index (χ1) is 12.7. The van der Waals surface area contributed by atoms with Gasteiger partial charge in [0, 0.05) is 6.92 Å². The first-order valence-corrected chi connectivity index (χ1v) is 7.48. The molecule has 0 aliphatic carbocycles. The number of carbonyl (C=O) groups is 1. The van der Waals surface area contributed by atoms with Crippen LogP contribution in [0.2, 0.25) is 0 Å². The molecule has 0 fully saturated rings. The SMILES string of the molecule is CC(=O)O.C[O-].C[O-].[Ti+2].[c-]1ccccc1.[c-]1ccccc1.[c-]1ccccc1. The van der Waals surface area contributed by atoms with Crippen LogP contribution in [0.15, 0.2) is 91.0 Å². The molecule has 0 spiro atoms. The molecule has 144 valence electrons. The Morgan fingerprint density at radius 3 is 0.778 bits per heavy atom. The van der Waals surface area contributed by atoms with Gasteiger partial charge in [-0.05, 0) is 0 Å². The van der Waals surface area contributed by atoms with Crippen molar-refractivity contribution in [2.24, 2.45) is 0 Å². The van der Waals surface area contributed by atoms with E-state index >= 15 is 0 Å². The van der Waals surface area contributed by atoms with Gasteiger partial charge in [0.15, 0.2) is 0 Å². The minimum atomic E-state index is -0.833. The molecule has 5 heteroatoms. The maximum atomic E-state index is 9.00. The van der Waals surface area contributed by atoms with Crippen LogP contribution in [-0.4, -0.2) is 25.3 Å². The Morgan fingerprint density at radius 1 is 0.593 bits per heavy atom. The van der Waals surface area contributed by atoms with Crippen molar-refractivity contribution in [2.75, 3.05) is 14.2 Å². The average molecular weight is 401 g/mol. The van der Waals surface area contributed by atoms with E-state index in [2.05, 4.69) is 18.2 Å². The third-order valence-electron chi connectivity index (χ3n) is 1.82. The summed E-state index contributed by atoms with van der Waals surface area (Å²) in [6.07, 6.45) is 0. The molecule has 0 saturated carbocycles. The number of rotatable bonds is 0. The van der Waals surface area contributed by atoms with E-state index in [1.165, 1.54) is 0 Å². The monoisotopic (exact) mass is 401 g/mol. The summed E-state index contributed by atoms with van der Waals surface area (Å²) in [6.45, 7) is 1.08. The number of carboxylic acid groups (broad SMARTS) is 1. The molecule has 0 heterocycles. The fraction of sp³-hybridized carbons (Fsp3) is 0.136. The molecule has 3 aromatic carbocycles. The zero-order valence-corrected chi connectivity index (χ0v) is 17.4. The van der Waals surface area contributed by atoms with Gasteiger partial charge < -0.3 is 15.3 Å². The summed E-state index contributed by atoms with van der Waals surface area (Å²) in [7, 11) is 1.50. The zero-order valence-electron chi connectivity index (χ0n) is 15.8. The van der Waals surface area contributed by atoms with Crippen molar-refractivity contribution < 1.29 is 41.8 Å². The Balaban J connectivity index is -0.000000123. The fourth-order valence-corrected chi connectivity index (χ4v) is 1.03. The van der Waals surface area contributed by atoms with Gasteiger partial charge in [-0.2, -0.15) is 123 Å². The van der Waals surface area contributed by atoms with Crippen molar-refractivity contribution >= 4 is 5.97 Å². The predicted molar refractivity (Wildman–Crippen MR) is 101 cm³/mol. The molecule has 3 rings (SSSR count). The van der Waals surface area contributed by atoms with E-state index in [9.17, 15) is 0 Å². The normalized spacial score (nSPS) is 6.70. The van der Waals surface area contributed by atoms with E-state index < -0.39 is 5.97 Å². The molecule has 0 radical (unpaired) electrons. The van der Waals surface area contributed by atoms with E-state index in [0.29, 0.717) is 0 Å². The standard InChI is InChI=1S/3C6H5.C2H4O2.2CH3O.Ti/c3*1-2-4-6-5-3-1;1-2(3)4;2*1-2;/h3*1-5H;1H3,(H,3,4);2*1H3;/q3*-1;;2*-1;+2.